The Hall–Kier alpha value is -1.52. The largest absolute Gasteiger partial charge is 0.508 e. The third kappa shape index (κ3) is 2.07. The summed E-state index contributed by atoms with van der Waals surface area (Å²) in [6.45, 7) is 4.76. The number of hydrogen-bond acceptors (Lipinski definition) is 3. The molecule has 4 heteroatoms. The molecule has 0 radical (unpaired) electrons. The molecule has 25 heavy (non-hydrogen) atoms. The normalized spacial score (nSPS) is 36.4. The molecule has 1 saturated carbocycles. The number of aliphatic hydroxyl groups is 1. The van der Waals surface area contributed by atoms with Crippen LogP contribution in [0.15, 0.2) is 18.2 Å². The molecule has 4 bridgehead atoms. The second-order valence-electron chi connectivity index (χ2n) is 8.57. The molecule has 3 N–H and O–H groups in total. The fraction of sp³-hybridized carbons (Fsp3) is 0.619. The molecular weight excluding hydrogens is 312 g/mol. The minimum absolute atomic E-state index is 0.165. The summed E-state index contributed by atoms with van der Waals surface area (Å²) >= 11 is 0. The molecule has 0 amide bonds. The Balaban J connectivity index is 1.73. The predicted molar refractivity (Wildman–Crippen MR) is 98.9 cm³/mol. The van der Waals surface area contributed by atoms with Gasteiger partial charge >= 0.3 is 0 Å². The van der Waals surface area contributed by atoms with Gasteiger partial charge in [0.25, 0.3) is 0 Å². The van der Waals surface area contributed by atoms with Crippen LogP contribution >= 0.6 is 0 Å². The van der Waals surface area contributed by atoms with Crippen LogP contribution in [0, 0.1) is 11.8 Å². The summed E-state index contributed by atoms with van der Waals surface area (Å²) < 4.78 is 0. The minimum Gasteiger partial charge on any atom is -0.508 e. The topological polar surface area (TPSA) is 59.5 Å². The lowest BCUT2D eigenvalue weighted by molar-refractivity contribution is -0.0788. The van der Waals surface area contributed by atoms with Crippen molar-refractivity contribution >= 4 is 10.9 Å². The maximum atomic E-state index is 10.7. The number of benzene rings is 1. The van der Waals surface area contributed by atoms with Crippen LogP contribution < -0.4 is 0 Å². The number of aromatic amines is 1. The second-order valence-corrected chi connectivity index (χ2v) is 8.57. The first-order valence-electron chi connectivity index (χ1n) is 9.85. The molecule has 4 nitrogen and oxygen atoms in total. The van der Waals surface area contributed by atoms with Crippen LogP contribution in [0.1, 0.15) is 43.9 Å². The van der Waals surface area contributed by atoms with Gasteiger partial charge < -0.3 is 15.2 Å². The monoisotopic (exact) mass is 340 g/mol. The molecule has 3 aliphatic heterocycles. The van der Waals surface area contributed by atoms with E-state index in [2.05, 4.69) is 16.8 Å². The van der Waals surface area contributed by atoms with E-state index in [9.17, 15) is 10.2 Å². The van der Waals surface area contributed by atoms with E-state index in [0.717, 1.165) is 30.3 Å². The summed E-state index contributed by atoms with van der Waals surface area (Å²) in [5.41, 5.74) is 3.51. The van der Waals surface area contributed by atoms with Crippen molar-refractivity contribution in [1.82, 2.24) is 9.88 Å². The smallest absolute Gasteiger partial charge is 0.116 e. The fourth-order valence-electron chi connectivity index (χ4n) is 6.50. The number of H-pyrrole nitrogens is 1. The van der Waals surface area contributed by atoms with Crippen molar-refractivity contribution in [2.24, 2.45) is 11.8 Å². The molecule has 1 aromatic carbocycles. The van der Waals surface area contributed by atoms with Crippen LogP contribution in [0.25, 0.3) is 10.9 Å². The fourth-order valence-corrected chi connectivity index (χ4v) is 6.50. The number of nitrogens with one attached hydrogen (secondary N) is 1. The van der Waals surface area contributed by atoms with E-state index in [1.54, 1.807) is 6.07 Å². The molecule has 3 fully saturated rings. The van der Waals surface area contributed by atoms with Crippen LogP contribution in [0.5, 0.6) is 5.75 Å². The zero-order chi connectivity index (χ0) is 17.2. The summed E-state index contributed by atoms with van der Waals surface area (Å²) in [6, 6.07) is 6.07. The standard InChI is InChI=1S/C21H28N2O2/c1-2-3-14-8-13-10-21(12-24)19-16(6-7-23(11-13)20(14)21)17-9-15(25)4-5-18(17)22-19/h4-5,9,13-14,20,22,24-25H,2-3,6-8,10-12H2,1H3. The summed E-state index contributed by atoms with van der Waals surface area (Å²) in [7, 11) is 0. The molecule has 1 aromatic heterocycles. The molecule has 5 unspecified atom stereocenters. The first kappa shape index (κ1) is 15.7. The highest BCUT2D eigenvalue weighted by molar-refractivity contribution is 5.86. The summed E-state index contributed by atoms with van der Waals surface area (Å²) in [6.07, 6.45) is 5.90. The number of nitrogens with zero attached hydrogens (tertiary/aromatic N) is 1. The quantitative estimate of drug-likeness (QED) is 0.804. The number of rotatable bonds is 3. The van der Waals surface area contributed by atoms with Crippen molar-refractivity contribution in [3.63, 3.8) is 0 Å². The van der Waals surface area contributed by atoms with Gasteiger partial charge in [-0.05, 0) is 61.3 Å². The summed E-state index contributed by atoms with van der Waals surface area (Å²) in [5, 5.41) is 21.8. The van der Waals surface area contributed by atoms with E-state index in [1.165, 1.54) is 37.1 Å². The predicted octanol–water partition coefficient (Wildman–Crippen LogP) is 3.17. The van der Waals surface area contributed by atoms with Gasteiger partial charge in [0.2, 0.25) is 0 Å². The van der Waals surface area contributed by atoms with Gasteiger partial charge in [-0.1, -0.05) is 13.3 Å². The average molecular weight is 340 g/mol. The van der Waals surface area contributed by atoms with Crippen molar-refractivity contribution in [3.05, 3.63) is 29.5 Å². The van der Waals surface area contributed by atoms with Gasteiger partial charge in [-0.2, -0.15) is 0 Å². The summed E-state index contributed by atoms with van der Waals surface area (Å²) in [5.74, 6) is 1.71. The number of aliphatic hydroxyl groups excluding tert-OH is 1. The number of phenols is 1. The van der Waals surface area contributed by atoms with Gasteiger partial charge in [0, 0.05) is 41.1 Å². The lowest BCUT2D eigenvalue weighted by Gasteiger charge is -2.59. The third-order valence-electron chi connectivity index (χ3n) is 7.17. The molecule has 0 spiro atoms. The highest BCUT2D eigenvalue weighted by atomic mass is 16.3. The lowest BCUT2D eigenvalue weighted by Crippen LogP contribution is -2.65. The van der Waals surface area contributed by atoms with E-state index < -0.39 is 0 Å². The number of piperidine rings is 2. The Morgan fingerprint density at radius 2 is 2.24 bits per heavy atom. The highest BCUT2D eigenvalue weighted by Crippen LogP contribution is 2.54. The van der Waals surface area contributed by atoms with Gasteiger partial charge in [0.05, 0.1) is 6.61 Å². The van der Waals surface area contributed by atoms with Gasteiger partial charge in [0.15, 0.2) is 0 Å². The average Bonchev–Trinajstić information content (AvgIpc) is 2.93. The molecule has 4 heterocycles. The van der Waals surface area contributed by atoms with Crippen molar-refractivity contribution < 1.29 is 10.2 Å². The molecule has 1 aliphatic carbocycles. The SMILES string of the molecule is CCCC1CC2CN3CCc4c([nH]c5ccc(O)cc45)C(CO)(C2)C13. The maximum Gasteiger partial charge on any atom is 0.116 e. The number of aromatic nitrogens is 1. The number of phenolic OH excluding ortho intramolecular Hbond substituents is 1. The molecule has 2 saturated heterocycles. The number of aromatic hydroxyl groups is 1. The van der Waals surface area contributed by atoms with E-state index in [4.69, 9.17) is 0 Å². The lowest BCUT2D eigenvalue weighted by atomic mass is 9.56. The van der Waals surface area contributed by atoms with Crippen molar-refractivity contribution in [2.45, 2.75) is 50.5 Å². The second kappa shape index (κ2) is 5.49. The van der Waals surface area contributed by atoms with Crippen LogP contribution in [0.4, 0.5) is 0 Å². The zero-order valence-electron chi connectivity index (χ0n) is 15.0. The number of hydrogen-bond donors (Lipinski definition) is 3. The van der Waals surface area contributed by atoms with Crippen LogP contribution in [0.3, 0.4) is 0 Å². The molecule has 4 aliphatic rings. The molecule has 2 aromatic rings. The van der Waals surface area contributed by atoms with Gasteiger partial charge in [-0.25, -0.2) is 0 Å². The minimum atomic E-state index is -0.165. The van der Waals surface area contributed by atoms with Crippen molar-refractivity contribution in [3.8, 4) is 5.75 Å². The van der Waals surface area contributed by atoms with Crippen molar-refractivity contribution in [1.29, 1.82) is 0 Å². The Bertz CT molecular complexity index is 814. The van der Waals surface area contributed by atoms with E-state index >= 15 is 0 Å². The van der Waals surface area contributed by atoms with Crippen LogP contribution in [-0.4, -0.2) is 45.8 Å². The number of fused-ring (bicyclic) bond motifs is 4. The maximum absolute atomic E-state index is 10.7. The van der Waals surface area contributed by atoms with Crippen LogP contribution in [0.2, 0.25) is 0 Å². The Morgan fingerprint density at radius 1 is 1.36 bits per heavy atom. The van der Waals surface area contributed by atoms with E-state index in [1.807, 2.05) is 12.1 Å². The van der Waals surface area contributed by atoms with Crippen LogP contribution in [-0.2, 0) is 11.8 Å². The van der Waals surface area contributed by atoms with Gasteiger partial charge in [-0.3, -0.25) is 4.90 Å². The van der Waals surface area contributed by atoms with Gasteiger partial charge in [-0.15, -0.1) is 0 Å². The van der Waals surface area contributed by atoms with Gasteiger partial charge in [0.1, 0.15) is 5.75 Å². The molecular formula is C21H28N2O2. The Kier molecular flexibility index (Phi) is 3.45. The summed E-state index contributed by atoms with van der Waals surface area (Å²) in [4.78, 5) is 6.36. The highest BCUT2D eigenvalue weighted by Gasteiger charge is 2.57. The third-order valence-corrected chi connectivity index (χ3v) is 7.17. The van der Waals surface area contributed by atoms with E-state index in [0.29, 0.717) is 23.6 Å². The molecule has 6 rings (SSSR count). The zero-order valence-corrected chi connectivity index (χ0v) is 15.0. The first-order chi connectivity index (χ1) is 12.2. The van der Waals surface area contributed by atoms with Crippen molar-refractivity contribution in [2.75, 3.05) is 19.7 Å². The Morgan fingerprint density at radius 3 is 3.04 bits per heavy atom. The molecule has 5 atom stereocenters. The molecule has 134 valence electrons. The Labute approximate surface area is 148 Å². The van der Waals surface area contributed by atoms with E-state index in [-0.39, 0.29) is 12.0 Å². The first-order valence-corrected chi connectivity index (χ1v) is 9.85.